The molecule has 0 spiro atoms. The zero-order chi connectivity index (χ0) is 14.5. The number of rotatable bonds is 7. The van der Waals surface area contributed by atoms with Gasteiger partial charge < -0.3 is 10.5 Å². The second-order valence-corrected chi connectivity index (χ2v) is 6.02. The van der Waals surface area contributed by atoms with Gasteiger partial charge in [0.25, 0.3) is 0 Å². The third-order valence-electron chi connectivity index (χ3n) is 4.44. The van der Waals surface area contributed by atoms with Crippen LogP contribution in [0.1, 0.15) is 56.0 Å². The van der Waals surface area contributed by atoms with Crippen molar-refractivity contribution < 1.29 is 4.74 Å². The number of ether oxygens (including phenoxy) is 1. The summed E-state index contributed by atoms with van der Waals surface area (Å²) < 4.78 is 7.83. The van der Waals surface area contributed by atoms with Crippen molar-refractivity contribution in [3.05, 3.63) is 17.0 Å². The molecule has 2 N–H and O–H groups in total. The van der Waals surface area contributed by atoms with E-state index in [4.69, 9.17) is 10.5 Å². The molecule has 2 unspecified atom stereocenters. The van der Waals surface area contributed by atoms with Crippen LogP contribution in [0.25, 0.3) is 0 Å². The van der Waals surface area contributed by atoms with Crippen LogP contribution in [0.15, 0.2) is 0 Å². The molecule has 0 aromatic carbocycles. The van der Waals surface area contributed by atoms with Crippen molar-refractivity contribution >= 4 is 0 Å². The van der Waals surface area contributed by atoms with Gasteiger partial charge in [-0.3, -0.25) is 4.68 Å². The Bertz CT molecular complexity index is 422. The van der Waals surface area contributed by atoms with E-state index in [0.29, 0.717) is 6.10 Å². The van der Waals surface area contributed by atoms with Crippen LogP contribution in [0.5, 0.6) is 0 Å². The van der Waals surface area contributed by atoms with Gasteiger partial charge in [-0.2, -0.15) is 5.10 Å². The van der Waals surface area contributed by atoms with Gasteiger partial charge in [0.15, 0.2) is 0 Å². The maximum absolute atomic E-state index is 6.08. The summed E-state index contributed by atoms with van der Waals surface area (Å²) in [6.07, 6.45) is 7.20. The van der Waals surface area contributed by atoms with Gasteiger partial charge in [0, 0.05) is 24.9 Å². The fraction of sp³-hybridized carbons (Fsp3) is 0.812. The number of nitrogens with zero attached hydrogens (tertiary/aromatic N) is 2. The molecule has 0 saturated carbocycles. The smallest absolute Gasteiger partial charge is 0.0629 e. The summed E-state index contributed by atoms with van der Waals surface area (Å²) in [6.45, 7) is 8.35. The number of aromatic nitrogens is 2. The summed E-state index contributed by atoms with van der Waals surface area (Å²) >= 11 is 0. The molecule has 1 saturated heterocycles. The molecule has 4 nitrogen and oxygen atoms in total. The first-order valence-corrected chi connectivity index (χ1v) is 8.01. The van der Waals surface area contributed by atoms with E-state index in [1.807, 2.05) is 0 Å². The van der Waals surface area contributed by atoms with Crippen LogP contribution < -0.4 is 5.73 Å². The third-order valence-corrected chi connectivity index (χ3v) is 4.44. The maximum Gasteiger partial charge on any atom is 0.0629 e. The van der Waals surface area contributed by atoms with Gasteiger partial charge >= 0.3 is 0 Å². The molecule has 2 heterocycles. The van der Waals surface area contributed by atoms with E-state index in [9.17, 15) is 0 Å². The van der Waals surface area contributed by atoms with Crippen molar-refractivity contribution in [2.75, 3.05) is 6.61 Å². The lowest BCUT2D eigenvalue weighted by Crippen LogP contribution is -2.22. The average molecular weight is 279 g/mol. The van der Waals surface area contributed by atoms with E-state index in [1.165, 1.54) is 24.1 Å². The predicted molar refractivity (Wildman–Crippen MR) is 81.9 cm³/mol. The molecule has 0 aliphatic carbocycles. The van der Waals surface area contributed by atoms with Gasteiger partial charge in [0.05, 0.1) is 11.8 Å². The molecule has 2 rings (SSSR count). The van der Waals surface area contributed by atoms with E-state index in [2.05, 4.69) is 30.6 Å². The molecule has 0 radical (unpaired) electrons. The first-order valence-electron chi connectivity index (χ1n) is 8.01. The normalized spacial score (nSPS) is 20.5. The summed E-state index contributed by atoms with van der Waals surface area (Å²) in [4.78, 5) is 0. The maximum atomic E-state index is 6.08. The second kappa shape index (κ2) is 7.23. The van der Waals surface area contributed by atoms with Crippen LogP contribution in [-0.4, -0.2) is 28.5 Å². The lowest BCUT2D eigenvalue weighted by atomic mass is 10.0. The van der Waals surface area contributed by atoms with Gasteiger partial charge in [-0.1, -0.05) is 6.92 Å². The van der Waals surface area contributed by atoms with Crippen molar-refractivity contribution in [2.24, 2.45) is 5.73 Å². The molecule has 1 aliphatic rings. The molecule has 2 atom stereocenters. The number of nitrogens with two attached hydrogens (primary N) is 1. The summed E-state index contributed by atoms with van der Waals surface area (Å²) in [5.41, 5.74) is 9.86. The molecule has 1 aromatic heterocycles. The molecule has 1 aliphatic heterocycles. The minimum Gasteiger partial charge on any atom is -0.378 e. The standard InChI is InChI=1S/C16H29N3O/c1-4-14(17)11-16-12(2)18-19(13(16)3)9-5-7-15-8-6-10-20-15/h14-15H,4-11,17H2,1-3H3. The summed E-state index contributed by atoms with van der Waals surface area (Å²) in [5, 5.41) is 4.68. The van der Waals surface area contributed by atoms with E-state index in [0.717, 1.165) is 44.5 Å². The van der Waals surface area contributed by atoms with Gasteiger partial charge in [0.1, 0.15) is 0 Å². The molecular weight excluding hydrogens is 250 g/mol. The van der Waals surface area contributed by atoms with Crippen molar-refractivity contribution in [1.29, 1.82) is 0 Å². The van der Waals surface area contributed by atoms with Gasteiger partial charge in [-0.15, -0.1) is 0 Å². The van der Waals surface area contributed by atoms with Gasteiger partial charge in [0.2, 0.25) is 0 Å². The Morgan fingerprint density at radius 3 is 2.90 bits per heavy atom. The Labute approximate surface area is 122 Å². The first kappa shape index (κ1) is 15.5. The molecule has 4 heteroatoms. The highest BCUT2D eigenvalue weighted by atomic mass is 16.5. The highest BCUT2D eigenvalue weighted by Crippen LogP contribution is 2.19. The van der Waals surface area contributed by atoms with Crippen molar-refractivity contribution in [3.63, 3.8) is 0 Å². The molecule has 1 fully saturated rings. The monoisotopic (exact) mass is 279 g/mol. The zero-order valence-electron chi connectivity index (χ0n) is 13.2. The van der Waals surface area contributed by atoms with Crippen LogP contribution in [-0.2, 0) is 17.7 Å². The van der Waals surface area contributed by atoms with E-state index in [-0.39, 0.29) is 6.04 Å². The van der Waals surface area contributed by atoms with Crippen LogP contribution in [0.4, 0.5) is 0 Å². The summed E-state index contributed by atoms with van der Waals surface area (Å²) in [5.74, 6) is 0. The van der Waals surface area contributed by atoms with Crippen LogP contribution >= 0.6 is 0 Å². The zero-order valence-corrected chi connectivity index (χ0v) is 13.2. The lowest BCUT2D eigenvalue weighted by molar-refractivity contribution is 0.101. The van der Waals surface area contributed by atoms with E-state index in [1.54, 1.807) is 0 Å². The largest absolute Gasteiger partial charge is 0.378 e. The molecule has 1 aromatic rings. The first-order chi connectivity index (χ1) is 9.61. The van der Waals surface area contributed by atoms with Gasteiger partial charge in [-0.25, -0.2) is 0 Å². The fourth-order valence-corrected chi connectivity index (χ4v) is 2.99. The number of hydrogen-bond donors (Lipinski definition) is 1. The van der Waals surface area contributed by atoms with Crippen molar-refractivity contribution in [2.45, 2.75) is 78.0 Å². The van der Waals surface area contributed by atoms with Crippen LogP contribution in [0.3, 0.4) is 0 Å². The molecule has 114 valence electrons. The quantitative estimate of drug-likeness (QED) is 0.835. The Kier molecular flexibility index (Phi) is 5.61. The van der Waals surface area contributed by atoms with Gasteiger partial charge in [-0.05, 0) is 57.9 Å². The van der Waals surface area contributed by atoms with E-state index >= 15 is 0 Å². The number of hydrogen-bond acceptors (Lipinski definition) is 3. The Hall–Kier alpha value is -0.870. The molecule has 20 heavy (non-hydrogen) atoms. The van der Waals surface area contributed by atoms with E-state index < -0.39 is 0 Å². The average Bonchev–Trinajstić information content (AvgIpc) is 3.03. The molecule has 0 amide bonds. The highest BCUT2D eigenvalue weighted by Gasteiger charge is 2.16. The predicted octanol–water partition coefficient (Wildman–Crippen LogP) is 2.74. The Balaban J connectivity index is 1.89. The van der Waals surface area contributed by atoms with Crippen molar-refractivity contribution in [3.8, 4) is 0 Å². The second-order valence-electron chi connectivity index (χ2n) is 6.02. The fourth-order valence-electron chi connectivity index (χ4n) is 2.99. The van der Waals surface area contributed by atoms with Crippen LogP contribution in [0, 0.1) is 13.8 Å². The summed E-state index contributed by atoms with van der Waals surface area (Å²) in [7, 11) is 0. The SMILES string of the molecule is CCC(N)Cc1c(C)nn(CCCC2CCCO2)c1C. The number of aryl methyl sites for hydroxylation is 2. The van der Waals surface area contributed by atoms with Crippen molar-refractivity contribution in [1.82, 2.24) is 9.78 Å². The minimum absolute atomic E-state index is 0.247. The minimum atomic E-state index is 0.247. The summed E-state index contributed by atoms with van der Waals surface area (Å²) in [6, 6.07) is 0.247. The van der Waals surface area contributed by atoms with Crippen LogP contribution in [0.2, 0.25) is 0 Å². The third kappa shape index (κ3) is 3.83. The Morgan fingerprint density at radius 1 is 1.45 bits per heavy atom. The topological polar surface area (TPSA) is 53.1 Å². The highest BCUT2D eigenvalue weighted by molar-refractivity contribution is 5.25. The molecule has 0 bridgehead atoms. The Morgan fingerprint density at radius 2 is 2.25 bits per heavy atom. The molecular formula is C16H29N3O. The lowest BCUT2D eigenvalue weighted by Gasteiger charge is -2.11.